The SMILES string of the molecule is CCOc1ccccc1-c1cc2nc(C)nn2[nH]1. The van der Waals surface area contributed by atoms with E-state index in [1.54, 1.807) is 4.63 Å². The normalized spacial score (nSPS) is 11.0. The van der Waals surface area contributed by atoms with Crippen LogP contribution in [-0.4, -0.2) is 26.4 Å². The van der Waals surface area contributed by atoms with E-state index >= 15 is 0 Å². The predicted octanol–water partition coefficient (Wildman–Crippen LogP) is 2.43. The van der Waals surface area contributed by atoms with Gasteiger partial charge in [-0.2, -0.15) is 4.63 Å². The molecule has 2 aromatic heterocycles. The molecule has 0 aliphatic rings. The molecule has 0 amide bonds. The first kappa shape index (κ1) is 10.8. The van der Waals surface area contributed by atoms with E-state index in [0.29, 0.717) is 6.61 Å². The van der Waals surface area contributed by atoms with Crippen molar-refractivity contribution in [3.63, 3.8) is 0 Å². The molecule has 3 rings (SSSR count). The third-order valence-electron chi connectivity index (χ3n) is 2.71. The van der Waals surface area contributed by atoms with Crippen molar-refractivity contribution < 1.29 is 4.74 Å². The van der Waals surface area contributed by atoms with E-state index in [-0.39, 0.29) is 0 Å². The van der Waals surface area contributed by atoms with Crippen LogP contribution in [0.25, 0.3) is 16.9 Å². The smallest absolute Gasteiger partial charge is 0.176 e. The van der Waals surface area contributed by atoms with Gasteiger partial charge >= 0.3 is 0 Å². The van der Waals surface area contributed by atoms with Gasteiger partial charge in [0.05, 0.1) is 12.3 Å². The highest BCUT2D eigenvalue weighted by molar-refractivity contribution is 5.70. The number of hydrogen-bond donors (Lipinski definition) is 1. The zero-order chi connectivity index (χ0) is 12.5. The van der Waals surface area contributed by atoms with Crippen molar-refractivity contribution in [3.05, 3.63) is 36.2 Å². The lowest BCUT2D eigenvalue weighted by Gasteiger charge is -2.07. The number of benzene rings is 1. The van der Waals surface area contributed by atoms with E-state index in [0.717, 1.165) is 28.5 Å². The van der Waals surface area contributed by atoms with Crippen LogP contribution in [0.1, 0.15) is 12.7 Å². The summed E-state index contributed by atoms with van der Waals surface area (Å²) in [6.45, 7) is 4.49. The Morgan fingerprint density at radius 1 is 1.33 bits per heavy atom. The van der Waals surface area contributed by atoms with Gasteiger partial charge in [0, 0.05) is 11.6 Å². The molecule has 0 radical (unpaired) electrons. The maximum absolute atomic E-state index is 5.62. The Bertz CT molecular complexity index is 652. The van der Waals surface area contributed by atoms with Gasteiger partial charge in [0.15, 0.2) is 5.65 Å². The van der Waals surface area contributed by atoms with Crippen LogP contribution in [0.4, 0.5) is 0 Å². The number of nitrogens with zero attached hydrogens (tertiary/aromatic N) is 3. The summed E-state index contributed by atoms with van der Waals surface area (Å²) < 4.78 is 7.29. The predicted molar refractivity (Wildman–Crippen MR) is 68.7 cm³/mol. The summed E-state index contributed by atoms with van der Waals surface area (Å²) in [6.07, 6.45) is 0. The minimum Gasteiger partial charge on any atom is -0.493 e. The van der Waals surface area contributed by atoms with Crippen molar-refractivity contribution >= 4 is 5.65 Å². The van der Waals surface area contributed by atoms with Gasteiger partial charge in [0.2, 0.25) is 0 Å². The van der Waals surface area contributed by atoms with Gasteiger partial charge in [-0.25, -0.2) is 4.98 Å². The summed E-state index contributed by atoms with van der Waals surface area (Å²) in [6, 6.07) is 9.90. The number of fused-ring (bicyclic) bond motifs is 1. The molecule has 0 unspecified atom stereocenters. The number of ether oxygens (including phenoxy) is 1. The lowest BCUT2D eigenvalue weighted by atomic mass is 10.1. The van der Waals surface area contributed by atoms with E-state index in [1.165, 1.54) is 0 Å². The zero-order valence-electron chi connectivity index (χ0n) is 10.3. The quantitative estimate of drug-likeness (QED) is 0.767. The average molecular weight is 242 g/mol. The number of rotatable bonds is 3. The molecular formula is C13H14N4O. The van der Waals surface area contributed by atoms with Crippen molar-refractivity contribution in [1.82, 2.24) is 19.8 Å². The third-order valence-corrected chi connectivity index (χ3v) is 2.71. The summed E-state index contributed by atoms with van der Waals surface area (Å²) in [5.41, 5.74) is 2.78. The molecule has 0 fully saturated rings. The van der Waals surface area contributed by atoms with Gasteiger partial charge < -0.3 is 4.74 Å². The monoisotopic (exact) mass is 242 g/mol. The van der Waals surface area contributed by atoms with E-state index < -0.39 is 0 Å². The fraction of sp³-hybridized carbons (Fsp3) is 0.231. The third kappa shape index (κ3) is 1.73. The van der Waals surface area contributed by atoms with Gasteiger partial charge in [-0.1, -0.05) is 12.1 Å². The first-order valence-corrected chi connectivity index (χ1v) is 5.92. The first-order valence-electron chi connectivity index (χ1n) is 5.92. The molecule has 3 aromatic rings. The summed E-state index contributed by atoms with van der Waals surface area (Å²) >= 11 is 0. The zero-order valence-corrected chi connectivity index (χ0v) is 10.3. The maximum Gasteiger partial charge on any atom is 0.176 e. The summed E-state index contributed by atoms with van der Waals surface area (Å²) in [5, 5.41) is 7.44. The fourth-order valence-electron chi connectivity index (χ4n) is 1.99. The molecular weight excluding hydrogens is 228 g/mol. The number of para-hydroxylation sites is 1. The molecule has 5 nitrogen and oxygen atoms in total. The summed E-state index contributed by atoms with van der Waals surface area (Å²) in [4.78, 5) is 4.31. The topological polar surface area (TPSA) is 55.2 Å². The Kier molecular flexibility index (Phi) is 2.51. The van der Waals surface area contributed by atoms with E-state index in [2.05, 4.69) is 15.2 Å². The van der Waals surface area contributed by atoms with E-state index in [9.17, 15) is 0 Å². The van der Waals surface area contributed by atoms with Gasteiger partial charge in [-0.15, -0.1) is 5.10 Å². The lowest BCUT2D eigenvalue weighted by molar-refractivity contribution is 0.341. The number of H-pyrrole nitrogens is 1. The van der Waals surface area contributed by atoms with Crippen molar-refractivity contribution in [1.29, 1.82) is 0 Å². The number of aromatic nitrogens is 4. The van der Waals surface area contributed by atoms with Crippen LogP contribution in [0.3, 0.4) is 0 Å². The Hall–Kier alpha value is -2.30. The average Bonchev–Trinajstić information content (AvgIpc) is 2.87. The Morgan fingerprint density at radius 2 is 2.17 bits per heavy atom. The van der Waals surface area contributed by atoms with Gasteiger partial charge in [-0.05, 0) is 26.0 Å². The molecule has 0 spiro atoms. The van der Waals surface area contributed by atoms with Crippen molar-refractivity contribution in [2.75, 3.05) is 6.61 Å². The molecule has 2 heterocycles. The molecule has 0 bridgehead atoms. The Morgan fingerprint density at radius 3 is 2.94 bits per heavy atom. The molecule has 1 aromatic carbocycles. The number of aromatic amines is 1. The molecule has 5 heteroatoms. The van der Waals surface area contributed by atoms with E-state index in [4.69, 9.17) is 4.74 Å². The standard InChI is InChI=1S/C13H14N4O/c1-3-18-12-7-5-4-6-10(12)11-8-13-14-9(2)15-17(13)16-11/h4-8,16H,3H2,1-2H3. The van der Waals surface area contributed by atoms with Crippen molar-refractivity contribution in [3.8, 4) is 17.0 Å². The molecule has 0 saturated carbocycles. The molecule has 18 heavy (non-hydrogen) atoms. The van der Waals surface area contributed by atoms with Gasteiger partial charge in [0.1, 0.15) is 11.6 Å². The van der Waals surface area contributed by atoms with Gasteiger partial charge in [-0.3, -0.25) is 5.10 Å². The van der Waals surface area contributed by atoms with Crippen LogP contribution in [0, 0.1) is 6.92 Å². The number of aryl methyl sites for hydroxylation is 1. The summed E-state index contributed by atoms with van der Waals surface area (Å²) in [7, 11) is 0. The Labute approximate surface area is 104 Å². The van der Waals surface area contributed by atoms with Crippen molar-refractivity contribution in [2.24, 2.45) is 0 Å². The van der Waals surface area contributed by atoms with Gasteiger partial charge in [0.25, 0.3) is 0 Å². The first-order chi connectivity index (χ1) is 8.78. The second kappa shape index (κ2) is 4.18. The maximum atomic E-state index is 5.62. The van der Waals surface area contributed by atoms with Crippen LogP contribution in [0.2, 0.25) is 0 Å². The summed E-state index contributed by atoms with van der Waals surface area (Å²) in [5.74, 6) is 1.62. The van der Waals surface area contributed by atoms with Crippen LogP contribution < -0.4 is 4.74 Å². The molecule has 0 atom stereocenters. The number of nitrogens with one attached hydrogen (secondary N) is 1. The molecule has 1 N–H and O–H groups in total. The lowest BCUT2D eigenvalue weighted by Crippen LogP contribution is -1.94. The highest BCUT2D eigenvalue weighted by atomic mass is 16.5. The minimum absolute atomic E-state index is 0.645. The van der Waals surface area contributed by atoms with Crippen molar-refractivity contribution in [2.45, 2.75) is 13.8 Å². The molecule has 0 aliphatic heterocycles. The van der Waals surface area contributed by atoms with Crippen LogP contribution >= 0.6 is 0 Å². The fourth-order valence-corrected chi connectivity index (χ4v) is 1.99. The highest BCUT2D eigenvalue weighted by Gasteiger charge is 2.10. The van der Waals surface area contributed by atoms with Crippen LogP contribution in [-0.2, 0) is 0 Å². The van der Waals surface area contributed by atoms with E-state index in [1.807, 2.05) is 44.2 Å². The van der Waals surface area contributed by atoms with Crippen LogP contribution in [0.5, 0.6) is 5.75 Å². The van der Waals surface area contributed by atoms with Crippen LogP contribution in [0.15, 0.2) is 30.3 Å². The second-order valence-corrected chi connectivity index (χ2v) is 4.03. The second-order valence-electron chi connectivity index (χ2n) is 4.03. The highest BCUT2D eigenvalue weighted by Crippen LogP contribution is 2.29. The molecule has 0 saturated heterocycles. The number of hydrogen-bond acceptors (Lipinski definition) is 3. The molecule has 0 aliphatic carbocycles. The Balaban J connectivity index is 2.10. The minimum atomic E-state index is 0.645. The largest absolute Gasteiger partial charge is 0.493 e. The molecule has 92 valence electrons.